The first kappa shape index (κ1) is 28.0. The summed E-state index contributed by atoms with van der Waals surface area (Å²) in [5.41, 5.74) is 7.39. The zero-order valence-electron chi connectivity index (χ0n) is 23.4. The molecule has 3 heterocycles. The van der Waals surface area contributed by atoms with Crippen molar-refractivity contribution in [3.8, 4) is 0 Å². The number of amides is 1. The number of piperidine rings is 2. The van der Waals surface area contributed by atoms with Crippen LogP contribution < -0.4 is 5.32 Å². The maximum atomic E-state index is 12.9. The Morgan fingerprint density at radius 1 is 1.14 bits per heavy atom. The molecule has 1 amide bonds. The monoisotopic (exact) mass is 489 g/mol. The number of fused-ring (bicyclic) bond motifs is 1. The molecule has 0 aliphatic carbocycles. The van der Waals surface area contributed by atoms with Crippen molar-refractivity contribution >= 4 is 22.4 Å². The smallest absolute Gasteiger partial charge is 0.239 e. The van der Waals surface area contributed by atoms with Gasteiger partial charge in [-0.1, -0.05) is 70.6 Å². The molecule has 2 aromatic rings. The fourth-order valence-corrected chi connectivity index (χ4v) is 5.68. The van der Waals surface area contributed by atoms with Gasteiger partial charge in [0.1, 0.15) is 0 Å². The van der Waals surface area contributed by atoms with E-state index >= 15 is 0 Å². The van der Waals surface area contributed by atoms with Crippen LogP contribution in [0.15, 0.2) is 48.6 Å². The van der Waals surface area contributed by atoms with Crippen LogP contribution in [0.2, 0.25) is 0 Å². The molecule has 4 heteroatoms. The van der Waals surface area contributed by atoms with Crippen molar-refractivity contribution in [3.63, 3.8) is 0 Å². The van der Waals surface area contributed by atoms with E-state index in [4.69, 9.17) is 0 Å². The summed E-state index contributed by atoms with van der Waals surface area (Å²) in [5.74, 6) is 1.22. The molecule has 0 bridgehead atoms. The summed E-state index contributed by atoms with van der Waals surface area (Å²) in [6.45, 7) is 19.4. The second kappa shape index (κ2) is 13.1. The van der Waals surface area contributed by atoms with E-state index in [9.17, 15) is 4.79 Å². The largest absolute Gasteiger partial charge is 0.354 e. The lowest BCUT2D eigenvalue weighted by molar-refractivity contribution is -0.135. The molecule has 0 spiro atoms. The van der Waals surface area contributed by atoms with Gasteiger partial charge in [0.15, 0.2) is 0 Å². The van der Waals surface area contributed by atoms with E-state index < -0.39 is 0 Å². The Labute approximate surface area is 218 Å². The summed E-state index contributed by atoms with van der Waals surface area (Å²) in [4.78, 5) is 18.7. The molecule has 1 atom stereocenters. The number of aromatic nitrogens is 1. The standard InChI is InChI=1S/C30H41N3O.C2H6/c1-6-9-24(18-20(2)3)29-28(21(4)5)25-19-23(11-12-26(25)32-29)22-13-16-33(17-14-22)30(34)27-10-7-8-15-31-27;1-2/h6,9,11-12,18-19,21-22,27,31-32H,2,7-8,10,13-17H2,1,3-5H3;1-2H3/b9-6-,24-18+;/t27-;/m0./s1. The molecule has 0 unspecified atom stereocenters. The van der Waals surface area contributed by atoms with Crippen LogP contribution in [0.25, 0.3) is 16.5 Å². The Kier molecular flexibility index (Phi) is 10.2. The van der Waals surface area contributed by atoms with Gasteiger partial charge in [0, 0.05) is 29.7 Å². The van der Waals surface area contributed by atoms with E-state index in [1.807, 2.05) is 20.8 Å². The molecule has 2 saturated heterocycles. The Morgan fingerprint density at radius 3 is 2.44 bits per heavy atom. The average molecular weight is 490 g/mol. The summed E-state index contributed by atoms with van der Waals surface area (Å²) in [6.07, 6.45) is 11.8. The molecule has 196 valence electrons. The number of allylic oxidation sites excluding steroid dienone is 5. The quantitative estimate of drug-likeness (QED) is 0.408. The first-order valence-electron chi connectivity index (χ1n) is 14.1. The molecule has 2 fully saturated rings. The Morgan fingerprint density at radius 2 is 1.86 bits per heavy atom. The van der Waals surface area contributed by atoms with Crippen molar-refractivity contribution < 1.29 is 4.79 Å². The summed E-state index contributed by atoms with van der Waals surface area (Å²) in [5, 5.41) is 4.74. The summed E-state index contributed by atoms with van der Waals surface area (Å²) in [7, 11) is 0. The van der Waals surface area contributed by atoms with E-state index in [-0.39, 0.29) is 6.04 Å². The number of carbonyl (C=O) groups is 1. The van der Waals surface area contributed by atoms with Crippen molar-refractivity contribution in [2.24, 2.45) is 0 Å². The van der Waals surface area contributed by atoms with Crippen molar-refractivity contribution in [1.29, 1.82) is 0 Å². The minimum Gasteiger partial charge on any atom is -0.354 e. The summed E-state index contributed by atoms with van der Waals surface area (Å²) < 4.78 is 0. The predicted octanol–water partition coefficient (Wildman–Crippen LogP) is 7.70. The van der Waals surface area contributed by atoms with Crippen LogP contribution in [0, 0.1) is 0 Å². The van der Waals surface area contributed by atoms with Gasteiger partial charge >= 0.3 is 0 Å². The Hall–Kier alpha value is -2.59. The number of nitrogens with zero attached hydrogens (tertiary/aromatic N) is 1. The molecular formula is C32H47N3O. The number of aromatic amines is 1. The van der Waals surface area contributed by atoms with Crippen molar-refractivity contribution in [1.82, 2.24) is 15.2 Å². The molecular weight excluding hydrogens is 442 g/mol. The SMILES string of the molecule is C=C(C)/C=C(\C=C/C)c1[nH]c2ccc(C3CCN(C(=O)[C@@H]4CCCCN4)CC3)cc2c1C(C)C.CC. The predicted molar refractivity (Wildman–Crippen MR) is 156 cm³/mol. The number of likely N-dealkylation sites (tertiary alicyclic amines) is 1. The number of rotatable bonds is 6. The second-order valence-electron chi connectivity index (χ2n) is 10.4. The van der Waals surface area contributed by atoms with Gasteiger partial charge in [0.05, 0.1) is 6.04 Å². The van der Waals surface area contributed by atoms with Crippen LogP contribution >= 0.6 is 0 Å². The lowest BCUT2D eigenvalue weighted by Gasteiger charge is -2.35. The maximum Gasteiger partial charge on any atom is 0.239 e. The third-order valence-corrected chi connectivity index (χ3v) is 7.36. The highest BCUT2D eigenvalue weighted by Gasteiger charge is 2.29. The number of benzene rings is 1. The van der Waals surface area contributed by atoms with Gasteiger partial charge < -0.3 is 15.2 Å². The molecule has 1 aromatic carbocycles. The lowest BCUT2D eigenvalue weighted by atomic mass is 9.87. The second-order valence-corrected chi connectivity index (χ2v) is 10.4. The molecule has 4 nitrogen and oxygen atoms in total. The molecule has 0 radical (unpaired) electrons. The van der Waals surface area contributed by atoms with Gasteiger partial charge in [-0.3, -0.25) is 4.79 Å². The van der Waals surface area contributed by atoms with Crippen LogP contribution in [-0.4, -0.2) is 41.5 Å². The van der Waals surface area contributed by atoms with E-state index in [2.05, 4.69) is 79.0 Å². The molecule has 0 saturated carbocycles. The van der Waals surface area contributed by atoms with Crippen LogP contribution in [0.3, 0.4) is 0 Å². The van der Waals surface area contributed by atoms with E-state index in [0.717, 1.165) is 50.9 Å². The van der Waals surface area contributed by atoms with Gasteiger partial charge in [-0.2, -0.15) is 0 Å². The van der Waals surface area contributed by atoms with E-state index in [0.29, 0.717) is 17.7 Å². The normalized spacial score (nSPS) is 19.6. The number of H-pyrrole nitrogens is 1. The Balaban J connectivity index is 0.00000176. The summed E-state index contributed by atoms with van der Waals surface area (Å²) in [6, 6.07) is 6.98. The van der Waals surface area contributed by atoms with Gasteiger partial charge in [-0.05, 0) is 86.7 Å². The zero-order valence-corrected chi connectivity index (χ0v) is 23.4. The third-order valence-electron chi connectivity index (χ3n) is 7.36. The number of carbonyl (C=O) groups excluding carboxylic acids is 1. The fraction of sp³-hybridized carbons (Fsp3) is 0.531. The zero-order chi connectivity index (χ0) is 26.2. The van der Waals surface area contributed by atoms with Gasteiger partial charge in [0.2, 0.25) is 5.91 Å². The van der Waals surface area contributed by atoms with Crippen molar-refractivity contribution in [2.75, 3.05) is 19.6 Å². The molecule has 1 aromatic heterocycles. The van der Waals surface area contributed by atoms with Gasteiger partial charge in [-0.25, -0.2) is 0 Å². The highest BCUT2D eigenvalue weighted by atomic mass is 16.2. The minimum absolute atomic E-state index is 0.0344. The molecule has 2 aliphatic heterocycles. The topological polar surface area (TPSA) is 48.1 Å². The van der Waals surface area contributed by atoms with Crippen LogP contribution in [0.4, 0.5) is 0 Å². The molecule has 4 rings (SSSR count). The number of hydrogen-bond donors (Lipinski definition) is 2. The van der Waals surface area contributed by atoms with Gasteiger partial charge in [-0.15, -0.1) is 0 Å². The lowest BCUT2D eigenvalue weighted by Crippen LogP contribution is -2.50. The van der Waals surface area contributed by atoms with E-state index in [1.165, 1.54) is 39.7 Å². The average Bonchev–Trinajstić information content (AvgIpc) is 3.29. The maximum absolute atomic E-state index is 12.9. The van der Waals surface area contributed by atoms with Crippen molar-refractivity contribution in [2.45, 2.75) is 91.5 Å². The third kappa shape index (κ3) is 6.39. The van der Waals surface area contributed by atoms with Crippen LogP contribution in [0.1, 0.15) is 102 Å². The van der Waals surface area contributed by atoms with E-state index in [1.54, 1.807) is 0 Å². The number of nitrogens with one attached hydrogen (secondary N) is 2. The first-order valence-corrected chi connectivity index (χ1v) is 14.1. The molecule has 36 heavy (non-hydrogen) atoms. The Bertz CT molecular complexity index is 1090. The minimum atomic E-state index is 0.0344. The van der Waals surface area contributed by atoms with Crippen molar-refractivity contribution in [3.05, 3.63) is 65.4 Å². The fourth-order valence-electron chi connectivity index (χ4n) is 5.68. The van der Waals surface area contributed by atoms with Crippen LogP contribution in [-0.2, 0) is 4.79 Å². The summed E-state index contributed by atoms with van der Waals surface area (Å²) >= 11 is 0. The number of hydrogen-bond acceptors (Lipinski definition) is 2. The highest BCUT2D eigenvalue weighted by molar-refractivity contribution is 5.92. The van der Waals surface area contributed by atoms with Gasteiger partial charge in [0.25, 0.3) is 0 Å². The highest BCUT2D eigenvalue weighted by Crippen LogP contribution is 2.37. The first-order chi connectivity index (χ1) is 17.4. The molecule has 2 aliphatic rings. The van der Waals surface area contributed by atoms with Crippen LogP contribution in [0.5, 0.6) is 0 Å². The molecule has 2 N–H and O–H groups in total.